The maximum atomic E-state index is 2.36. The molecule has 2 heteroatoms. The van der Waals surface area contributed by atoms with Crippen molar-refractivity contribution in [1.29, 1.82) is 0 Å². The molecule has 0 aliphatic carbocycles. The number of benzene rings is 1. The van der Waals surface area contributed by atoms with Crippen LogP contribution in [0.3, 0.4) is 0 Å². The van der Waals surface area contributed by atoms with E-state index in [1.54, 1.807) is 0 Å². The molecule has 0 unspecified atom stereocenters. The fourth-order valence-corrected chi connectivity index (χ4v) is 1.45. The molecule has 0 saturated heterocycles. The Balaban J connectivity index is 3.13. The third-order valence-electron chi connectivity index (χ3n) is 0.905. The second-order valence-corrected chi connectivity index (χ2v) is 4.46. The Morgan fingerprint density at radius 1 is 1.25 bits per heavy atom. The zero-order valence-corrected chi connectivity index (χ0v) is 9.72. The van der Waals surface area contributed by atoms with E-state index < -0.39 is 0 Å². The van der Waals surface area contributed by atoms with Crippen molar-refractivity contribution in [2.75, 3.05) is 0 Å². The van der Waals surface area contributed by atoms with Gasteiger partial charge in [0, 0.05) is 0 Å². The molecular weight excluding hydrogens is 318 g/mol. The molecule has 0 heterocycles. The van der Waals surface area contributed by atoms with Gasteiger partial charge in [-0.05, 0) is 0 Å². The van der Waals surface area contributed by atoms with Crippen molar-refractivity contribution in [2.45, 2.75) is 0 Å². The summed E-state index contributed by atoms with van der Waals surface area (Å²) in [5.74, 6) is 0. The van der Waals surface area contributed by atoms with Crippen molar-refractivity contribution in [2.24, 2.45) is 0 Å². The molecule has 1 aromatic rings. The van der Waals surface area contributed by atoms with Gasteiger partial charge in [-0.15, -0.1) is 0 Å². The van der Waals surface area contributed by atoms with Gasteiger partial charge in [-0.2, -0.15) is 0 Å². The standard InChI is InChI=1S/C6H4I.Sn.H/c7-6-4-2-1-3-5-6;;/h1-4H;;. The molecule has 1 rings (SSSR count). The molecule has 0 atom stereocenters. The van der Waals surface area contributed by atoms with E-state index in [9.17, 15) is 0 Å². The predicted molar refractivity (Wildman–Crippen MR) is 45.9 cm³/mol. The van der Waals surface area contributed by atoms with Gasteiger partial charge in [0.2, 0.25) is 0 Å². The van der Waals surface area contributed by atoms with Crippen LogP contribution in [0.5, 0.6) is 0 Å². The molecule has 0 aliphatic heterocycles. The molecule has 0 bridgehead atoms. The van der Waals surface area contributed by atoms with Gasteiger partial charge in [-0.25, -0.2) is 0 Å². The Morgan fingerprint density at radius 3 is 2.25 bits per heavy atom. The SMILES string of the molecule is [SnH][c]1ccccc1I. The molecule has 0 aliphatic rings. The van der Waals surface area contributed by atoms with Crippen LogP contribution in [-0.4, -0.2) is 22.5 Å². The van der Waals surface area contributed by atoms with Crippen LogP contribution in [0.2, 0.25) is 0 Å². The molecule has 1 aromatic carbocycles. The third-order valence-corrected chi connectivity index (χ3v) is 5.00. The normalized spacial score (nSPS) is 9.25. The van der Waals surface area contributed by atoms with Gasteiger partial charge >= 0.3 is 76.5 Å². The predicted octanol–water partition coefficient (Wildman–Crippen LogP) is 0.817. The molecule has 0 fully saturated rings. The van der Waals surface area contributed by atoms with Crippen molar-refractivity contribution in [1.82, 2.24) is 0 Å². The number of hydrogen-bond acceptors (Lipinski definition) is 0. The quantitative estimate of drug-likeness (QED) is 0.490. The first kappa shape index (κ1) is 6.86. The third kappa shape index (κ3) is 1.62. The van der Waals surface area contributed by atoms with Gasteiger partial charge in [0.1, 0.15) is 0 Å². The minimum absolute atomic E-state index is 1.23. The van der Waals surface area contributed by atoms with Crippen molar-refractivity contribution in [3.05, 3.63) is 27.8 Å². The number of halogens is 1. The van der Waals surface area contributed by atoms with Crippen LogP contribution in [0, 0.1) is 3.57 Å². The molecule has 0 N–H and O–H groups in total. The van der Waals surface area contributed by atoms with Crippen molar-refractivity contribution < 1.29 is 0 Å². The summed E-state index contributed by atoms with van der Waals surface area (Å²) in [4.78, 5) is 0. The Hall–Kier alpha value is 0.749. The van der Waals surface area contributed by atoms with E-state index in [-0.39, 0.29) is 0 Å². The molecule has 40 valence electrons. The van der Waals surface area contributed by atoms with E-state index in [2.05, 4.69) is 46.9 Å². The number of hydrogen-bond donors (Lipinski definition) is 0. The average Bonchev–Trinajstić information content (AvgIpc) is 1.77. The Bertz CT molecular complexity index is 165. The van der Waals surface area contributed by atoms with Gasteiger partial charge < -0.3 is 0 Å². The first-order valence-corrected chi connectivity index (χ1v) is 5.03. The topological polar surface area (TPSA) is 0 Å². The van der Waals surface area contributed by atoms with Gasteiger partial charge in [-0.3, -0.25) is 0 Å². The average molecular weight is 323 g/mol. The monoisotopic (exact) mass is 324 g/mol. The van der Waals surface area contributed by atoms with E-state index in [1.165, 1.54) is 29.7 Å². The van der Waals surface area contributed by atoms with Crippen LogP contribution < -0.4 is 3.58 Å². The van der Waals surface area contributed by atoms with Gasteiger partial charge in [-0.1, -0.05) is 0 Å². The molecule has 2 radical (unpaired) electrons. The molecular formula is C6H5ISn. The summed E-state index contributed by atoms with van der Waals surface area (Å²) in [6.45, 7) is 0. The van der Waals surface area contributed by atoms with Crippen LogP contribution in [0.15, 0.2) is 24.3 Å². The molecule has 0 nitrogen and oxygen atoms in total. The second kappa shape index (κ2) is 3.05. The molecule has 0 amide bonds. The summed E-state index contributed by atoms with van der Waals surface area (Å²) in [5, 5.41) is 0. The Morgan fingerprint density at radius 2 is 1.88 bits per heavy atom. The molecule has 0 spiro atoms. The van der Waals surface area contributed by atoms with Gasteiger partial charge in [0.15, 0.2) is 0 Å². The van der Waals surface area contributed by atoms with Crippen LogP contribution >= 0.6 is 22.6 Å². The Kier molecular flexibility index (Phi) is 2.62. The zero-order chi connectivity index (χ0) is 5.98. The molecule has 8 heavy (non-hydrogen) atoms. The van der Waals surface area contributed by atoms with Crippen LogP contribution in [0.1, 0.15) is 0 Å². The van der Waals surface area contributed by atoms with E-state index in [1.807, 2.05) is 0 Å². The van der Waals surface area contributed by atoms with E-state index >= 15 is 0 Å². The van der Waals surface area contributed by atoms with E-state index in [4.69, 9.17) is 0 Å². The fraction of sp³-hybridized carbons (Fsp3) is 0. The second-order valence-electron chi connectivity index (χ2n) is 1.52. The van der Waals surface area contributed by atoms with Gasteiger partial charge in [0.25, 0.3) is 0 Å². The summed E-state index contributed by atoms with van der Waals surface area (Å²) in [6.07, 6.45) is 0. The van der Waals surface area contributed by atoms with Crippen molar-refractivity contribution in [3.63, 3.8) is 0 Å². The first-order chi connectivity index (χ1) is 3.80. The van der Waals surface area contributed by atoms with Crippen LogP contribution in [0.25, 0.3) is 0 Å². The summed E-state index contributed by atoms with van der Waals surface area (Å²) >= 11 is 3.59. The van der Waals surface area contributed by atoms with E-state index in [0.717, 1.165) is 0 Å². The molecule has 0 aromatic heterocycles. The summed E-state index contributed by atoms with van der Waals surface area (Å²) < 4.78 is 2.88. The minimum atomic E-state index is 1.23. The fourth-order valence-electron chi connectivity index (χ4n) is 0.475. The van der Waals surface area contributed by atoms with Crippen molar-refractivity contribution in [3.8, 4) is 0 Å². The van der Waals surface area contributed by atoms with Crippen LogP contribution in [-0.2, 0) is 0 Å². The maximum absolute atomic E-state index is 2.36. The summed E-state index contributed by atoms with van der Waals surface area (Å²) in [5.41, 5.74) is 0. The molecule has 0 saturated carbocycles. The van der Waals surface area contributed by atoms with E-state index in [0.29, 0.717) is 0 Å². The summed E-state index contributed by atoms with van der Waals surface area (Å²) in [6, 6.07) is 8.47. The number of rotatable bonds is 0. The summed E-state index contributed by atoms with van der Waals surface area (Å²) in [7, 11) is 0. The zero-order valence-electron chi connectivity index (χ0n) is 4.26. The Labute approximate surface area is 75.9 Å². The van der Waals surface area contributed by atoms with Crippen LogP contribution in [0.4, 0.5) is 0 Å². The van der Waals surface area contributed by atoms with Crippen molar-refractivity contribution >= 4 is 48.7 Å². The first-order valence-electron chi connectivity index (χ1n) is 2.31. The van der Waals surface area contributed by atoms with Gasteiger partial charge in [0.05, 0.1) is 0 Å².